The third-order valence-corrected chi connectivity index (χ3v) is 3.48. The lowest BCUT2D eigenvalue weighted by Gasteiger charge is -2.10. The molecule has 0 aliphatic rings. The van der Waals surface area contributed by atoms with E-state index >= 15 is 0 Å². The third-order valence-electron chi connectivity index (χ3n) is 2.21. The second-order valence-electron chi connectivity index (χ2n) is 3.42. The van der Waals surface area contributed by atoms with Crippen molar-refractivity contribution in [1.29, 1.82) is 0 Å². The van der Waals surface area contributed by atoms with Crippen molar-refractivity contribution in [3.8, 4) is 11.5 Å². The molecule has 17 heavy (non-hydrogen) atoms. The molecule has 0 heterocycles. The Bertz CT molecular complexity index is 531. The molecule has 0 amide bonds. The molecular weight excluding hydrogens is 398 g/mol. The van der Waals surface area contributed by atoms with Gasteiger partial charge in [-0.1, -0.05) is 34.1 Å². The van der Waals surface area contributed by atoms with E-state index < -0.39 is 0 Å². The molecule has 88 valence electrons. The minimum absolute atomic E-state index is 0.284. The van der Waals surface area contributed by atoms with Crippen molar-refractivity contribution >= 4 is 38.5 Å². The molecule has 0 unspecified atom stereocenters. The molecule has 0 aliphatic carbocycles. The van der Waals surface area contributed by atoms with E-state index in [0.29, 0.717) is 11.1 Å². The summed E-state index contributed by atoms with van der Waals surface area (Å²) in [7, 11) is 0. The van der Waals surface area contributed by atoms with Gasteiger partial charge in [0.2, 0.25) is 0 Å². The van der Waals surface area contributed by atoms with Crippen molar-refractivity contribution < 1.29 is 9.13 Å². The summed E-state index contributed by atoms with van der Waals surface area (Å²) in [5.74, 6) is 0.580. The summed E-state index contributed by atoms with van der Waals surface area (Å²) in [5.41, 5.74) is 0.795. The minimum atomic E-state index is -0.346. The fourth-order valence-electron chi connectivity index (χ4n) is 1.42. The van der Waals surface area contributed by atoms with Gasteiger partial charge in [0.15, 0.2) is 11.6 Å². The summed E-state index contributed by atoms with van der Waals surface area (Å²) in [6, 6.07) is 12.4. The second-order valence-corrected chi connectivity index (χ2v) is 5.23. The number of hydrogen-bond donors (Lipinski definition) is 0. The van der Waals surface area contributed by atoms with Gasteiger partial charge in [0.05, 0.1) is 0 Å². The van der Waals surface area contributed by atoms with Crippen LogP contribution < -0.4 is 4.74 Å². The number of alkyl halides is 1. The van der Waals surface area contributed by atoms with Gasteiger partial charge in [-0.25, -0.2) is 4.39 Å². The van der Waals surface area contributed by atoms with Crippen LogP contribution in [0.1, 0.15) is 5.56 Å². The van der Waals surface area contributed by atoms with Crippen LogP contribution in [0, 0.1) is 9.39 Å². The fourth-order valence-corrected chi connectivity index (χ4v) is 2.38. The molecule has 0 saturated heterocycles. The van der Waals surface area contributed by atoms with Crippen LogP contribution in [0.5, 0.6) is 11.5 Å². The van der Waals surface area contributed by atoms with Gasteiger partial charge in [0, 0.05) is 14.5 Å². The van der Waals surface area contributed by atoms with Gasteiger partial charge in [-0.05, 0) is 46.9 Å². The molecule has 2 aromatic carbocycles. The highest BCUT2D eigenvalue weighted by molar-refractivity contribution is 14.1. The standard InChI is InChI=1S/C13H9BrFIO/c14-8-9-3-1-6-12(15)13(9)17-11-5-2-4-10(16)7-11/h1-7H,8H2. The van der Waals surface area contributed by atoms with E-state index in [-0.39, 0.29) is 11.6 Å². The van der Waals surface area contributed by atoms with Crippen LogP contribution in [-0.2, 0) is 5.33 Å². The second kappa shape index (κ2) is 5.82. The highest BCUT2D eigenvalue weighted by Crippen LogP contribution is 2.30. The van der Waals surface area contributed by atoms with Crippen LogP contribution in [0.25, 0.3) is 0 Å². The topological polar surface area (TPSA) is 9.23 Å². The maximum Gasteiger partial charge on any atom is 0.167 e. The number of para-hydroxylation sites is 1. The number of halogens is 3. The van der Waals surface area contributed by atoms with E-state index in [2.05, 4.69) is 38.5 Å². The van der Waals surface area contributed by atoms with E-state index in [0.717, 1.165) is 9.13 Å². The van der Waals surface area contributed by atoms with Gasteiger partial charge in [-0.2, -0.15) is 0 Å². The zero-order chi connectivity index (χ0) is 12.3. The van der Waals surface area contributed by atoms with E-state index in [9.17, 15) is 4.39 Å². The number of rotatable bonds is 3. The van der Waals surface area contributed by atoms with Crippen molar-refractivity contribution in [1.82, 2.24) is 0 Å². The first-order valence-electron chi connectivity index (χ1n) is 4.97. The van der Waals surface area contributed by atoms with Crippen molar-refractivity contribution in [2.24, 2.45) is 0 Å². The van der Waals surface area contributed by atoms with Crippen LogP contribution in [0.3, 0.4) is 0 Å². The minimum Gasteiger partial charge on any atom is -0.454 e. The zero-order valence-corrected chi connectivity index (χ0v) is 12.5. The third kappa shape index (κ3) is 3.19. The van der Waals surface area contributed by atoms with Crippen LogP contribution in [0.15, 0.2) is 42.5 Å². The molecule has 0 spiro atoms. The Morgan fingerprint density at radius 3 is 2.65 bits per heavy atom. The summed E-state index contributed by atoms with van der Waals surface area (Å²) in [6.45, 7) is 0. The Kier molecular flexibility index (Phi) is 4.39. The lowest BCUT2D eigenvalue weighted by atomic mass is 10.2. The van der Waals surface area contributed by atoms with Crippen molar-refractivity contribution in [2.45, 2.75) is 5.33 Å². The van der Waals surface area contributed by atoms with Gasteiger partial charge >= 0.3 is 0 Å². The largest absolute Gasteiger partial charge is 0.454 e. The number of hydrogen-bond acceptors (Lipinski definition) is 1. The molecule has 0 aromatic heterocycles. The fraction of sp³-hybridized carbons (Fsp3) is 0.0769. The maximum absolute atomic E-state index is 13.7. The van der Waals surface area contributed by atoms with Crippen molar-refractivity contribution in [3.05, 3.63) is 57.4 Å². The molecule has 0 aliphatic heterocycles. The molecule has 0 bridgehead atoms. The summed E-state index contributed by atoms with van der Waals surface area (Å²) >= 11 is 5.51. The average Bonchev–Trinajstić information content (AvgIpc) is 2.32. The summed E-state index contributed by atoms with van der Waals surface area (Å²) in [5, 5.41) is 0.560. The molecule has 0 saturated carbocycles. The van der Waals surface area contributed by atoms with Gasteiger partial charge < -0.3 is 4.74 Å². The molecule has 0 fully saturated rings. The summed E-state index contributed by atoms with van der Waals surface area (Å²) in [6.07, 6.45) is 0. The molecule has 4 heteroatoms. The van der Waals surface area contributed by atoms with E-state index in [1.165, 1.54) is 6.07 Å². The van der Waals surface area contributed by atoms with E-state index in [4.69, 9.17) is 4.74 Å². The highest BCUT2D eigenvalue weighted by Gasteiger charge is 2.10. The average molecular weight is 407 g/mol. The van der Waals surface area contributed by atoms with Crippen LogP contribution in [0.4, 0.5) is 4.39 Å². The number of benzene rings is 2. The normalized spacial score (nSPS) is 10.3. The van der Waals surface area contributed by atoms with Gasteiger partial charge in [-0.3, -0.25) is 0 Å². The maximum atomic E-state index is 13.7. The highest BCUT2D eigenvalue weighted by atomic mass is 127. The molecule has 0 atom stereocenters. The van der Waals surface area contributed by atoms with E-state index in [1.807, 2.05) is 30.3 Å². The van der Waals surface area contributed by atoms with Crippen LogP contribution in [-0.4, -0.2) is 0 Å². The smallest absolute Gasteiger partial charge is 0.167 e. The van der Waals surface area contributed by atoms with E-state index in [1.54, 1.807) is 6.07 Å². The predicted molar refractivity (Wildman–Crippen MR) is 78.3 cm³/mol. The molecule has 0 radical (unpaired) electrons. The quantitative estimate of drug-likeness (QED) is 0.508. The summed E-state index contributed by atoms with van der Waals surface area (Å²) in [4.78, 5) is 0. The number of ether oxygens (including phenoxy) is 1. The first kappa shape index (κ1) is 12.8. The lowest BCUT2D eigenvalue weighted by molar-refractivity contribution is 0.438. The summed E-state index contributed by atoms with van der Waals surface area (Å²) < 4.78 is 20.3. The van der Waals surface area contributed by atoms with Gasteiger partial charge in [0.1, 0.15) is 5.75 Å². The Morgan fingerprint density at radius 2 is 1.94 bits per heavy atom. The zero-order valence-electron chi connectivity index (χ0n) is 8.79. The first-order chi connectivity index (χ1) is 8.20. The SMILES string of the molecule is Fc1cccc(CBr)c1Oc1cccc(I)c1. The van der Waals surface area contributed by atoms with Crippen molar-refractivity contribution in [2.75, 3.05) is 0 Å². The first-order valence-corrected chi connectivity index (χ1v) is 7.17. The van der Waals surface area contributed by atoms with Crippen LogP contribution in [0.2, 0.25) is 0 Å². The van der Waals surface area contributed by atoms with Crippen molar-refractivity contribution in [3.63, 3.8) is 0 Å². The Morgan fingerprint density at radius 1 is 1.18 bits per heavy atom. The Labute approximate surface area is 121 Å². The molecule has 2 aromatic rings. The molecule has 0 N–H and O–H groups in total. The molecule has 2 rings (SSSR count). The Hall–Kier alpha value is -0.620. The van der Waals surface area contributed by atoms with Crippen LogP contribution >= 0.6 is 38.5 Å². The Balaban J connectivity index is 2.35. The molecule has 1 nitrogen and oxygen atoms in total. The lowest BCUT2D eigenvalue weighted by Crippen LogP contribution is -1.93. The van der Waals surface area contributed by atoms with Gasteiger partial charge in [0.25, 0.3) is 0 Å². The molecular formula is C13H9BrFIO. The monoisotopic (exact) mass is 406 g/mol. The van der Waals surface area contributed by atoms with Gasteiger partial charge in [-0.15, -0.1) is 0 Å². The predicted octanol–water partition coefficient (Wildman–Crippen LogP) is 5.12.